The van der Waals surface area contributed by atoms with Gasteiger partial charge in [0.05, 0.1) is 16.8 Å². The third-order valence-corrected chi connectivity index (χ3v) is 4.79. The topological polar surface area (TPSA) is 63.3 Å². The average molecular weight is 321 g/mol. The molecule has 0 aliphatic carbocycles. The molecule has 120 valence electrons. The lowest BCUT2D eigenvalue weighted by Crippen LogP contribution is -2.22. The van der Waals surface area contributed by atoms with Crippen molar-refractivity contribution in [1.29, 1.82) is 0 Å². The second kappa shape index (κ2) is 8.08. The van der Waals surface area contributed by atoms with E-state index < -0.39 is 0 Å². The highest BCUT2D eigenvalue weighted by Gasteiger charge is 2.13. The molecule has 1 heterocycles. The van der Waals surface area contributed by atoms with Gasteiger partial charge in [-0.15, -0.1) is 0 Å². The number of fused-ring (bicyclic) bond motifs is 1. The van der Waals surface area contributed by atoms with Crippen LogP contribution < -0.4 is 15.2 Å². The molecule has 0 amide bonds. The Balaban J connectivity index is 2.16. The van der Waals surface area contributed by atoms with Crippen LogP contribution in [0.5, 0.6) is 5.75 Å². The van der Waals surface area contributed by atoms with Crippen molar-refractivity contribution in [3.8, 4) is 5.75 Å². The maximum atomic E-state index is 5.86. The second-order valence-corrected chi connectivity index (χ2v) is 6.35. The summed E-state index contributed by atoms with van der Waals surface area (Å²) in [6, 6.07) is 3.91. The molecular weight excluding hydrogens is 296 g/mol. The first-order chi connectivity index (χ1) is 10.7. The third kappa shape index (κ3) is 3.94. The summed E-state index contributed by atoms with van der Waals surface area (Å²) in [6.45, 7) is 5.93. The fourth-order valence-corrected chi connectivity index (χ4v) is 3.16. The van der Waals surface area contributed by atoms with Crippen LogP contribution in [0.1, 0.15) is 39.5 Å². The predicted molar refractivity (Wildman–Crippen MR) is 92.2 cm³/mol. The van der Waals surface area contributed by atoms with Gasteiger partial charge < -0.3 is 9.64 Å². The first-order valence-corrected chi connectivity index (χ1v) is 8.70. The van der Waals surface area contributed by atoms with E-state index in [4.69, 9.17) is 10.3 Å². The molecule has 0 bridgehead atoms. The number of nitrogens with zero attached hydrogens (tertiary/aromatic N) is 3. The minimum atomic E-state index is 0.692. The summed E-state index contributed by atoms with van der Waals surface area (Å²) in [5.74, 6) is 0.725. The van der Waals surface area contributed by atoms with E-state index in [1.807, 2.05) is 19.2 Å². The van der Waals surface area contributed by atoms with Crippen molar-refractivity contribution in [1.82, 2.24) is 4.98 Å². The van der Waals surface area contributed by atoms with Crippen LogP contribution in [0.4, 0.5) is 10.8 Å². The van der Waals surface area contributed by atoms with Crippen molar-refractivity contribution in [2.24, 2.45) is 5.11 Å². The van der Waals surface area contributed by atoms with Gasteiger partial charge >= 0.3 is 0 Å². The molecule has 6 heteroatoms. The van der Waals surface area contributed by atoms with E-state index in [9.17, 15) is 0 Å². The summed E-state index contributed by atoms with van der Waals surface area (Å²) in [4.78, 5) is 6.78. The number of hydrogen-bond acceptors (Lipinski definition) is 5. The second-order valence-electron chi connectivity index (χ2n) is 5.34. The van der Waals surface area contributed by atoms with Gasteiger partial charge in [-0.1, -0.05) is 37.5 Å². The molecule has 0 aliphatic heterocycles. The Labute approximate surface area is 135 Å². The standard InChI is InChI=1S/C16H24N4OS/c1-4-6-7-8-9-21-14-10-13-15(11-12(14)19-17)22-16(18-13)20(3)5-2/h10-11,17H,4-9H2,1-3H3/p+1. The number of rotatable bonds is 9. The summed E-state index contributed by atoms with van der Waals surface area (Å²) in [6.07, 6.45) is 4.71. The molecule has 22 heavy (non-hydrogen) atoms. The number of anilines is 1. The quantitative estimate of drug-likeness (QED) is 0.567. The van der Waals surface area contributed by atoms with Gasteiger partial charge in [-0.3, -0.25) is 0 Å². The van der Waals surface area contributed by atoms with Crippen molar-refractivity contribution in [3.05, 3.63) is 12.1 Å². The highest BCUT2D eigenvalue weighted by atomic mass is 32.1. The largest absolute Gasteiger partial charge is 0.491 e. The minimum absolute atomic E-state index is 0.692. The number of benzene rings is 1. The molecule has 0 radical (unpaired) electrons. The van der Waals surface area contributed by atoms with Crippen molar-refractivity contribution < 1.29 is 10.3 Å². The van der Waals surface area contributed by atoms with Gasteiger partial charge in [0.1, 0.15) is 0 Å². The molecule has 0 saturated heterocycles. The van der Waals surface area contributed by atoms with E-state index in [0.717, 1.165) is 34.1 Å². The molecule has 0 saturated carbocycles. The zero-order valence-corrected chi connectivity index (χ0v) is 14.4. The molecular formula is C16H25N4OS+. The SMILES string of the molecule is CCCCCCOc1cc2nc(N(C)CC)sc2cc1N=[NH2+]. The van der Waals surface area contributed by atoms with Gasteiger partial charge in [0.15, 0.2) is 16.6 Å². The summed E-state index contributed by atoms with van der Waals surface area (Å²) in [5.41, 5.74) is 7.14. The number of ether oxygens (including phenoxy) is 1. The highest BCUT2D eigenvalue weighted by molar-refractivity contribution is 7.22. The summed E-state index contributed by atoms with van der Waals surface area (Å²) >= 11 is 1.65. The molecule has 5 nitrogen and oxygen atoms in total. The highest BCUT2D eigenvalue weighted by Crippen LogP contribution is 2.37. The number of hydrogen-bond donors (Lipinski definition) is 1. The van der Waals surface area contributed by atoms with Gasteiger partial charge in [-0.2, -0.15) is 5.53 Å². The van der Waals surface area contributed by atoms with Crippen LogP contribution in [0.25, 0.3) is 10.2 Å². The Morgan fingerprint density at radius 1 is 1.27 bits per heavy atom. The molecule has 0 unspecified atom stereocenters. The lowest BCUT2D eigenvalue weighted by atomic mass is 10.2. The van der Waals surface area contributed by atoms with Crippen LogP contribution in [0.15, 0.2) is 17.2 Å². The maximum Gasteiger partial charge on any atom is 0.186 e. The van der Waals surface area contributed by atoms with Crippen LogP contribution >= 0.6 is 11.3 Å². The normalized spacial score (nSPS) is 10.9. The predicted octanol–water partition coefficient (Wildman–Crippen LogP) is 3.55. The van der Waals surface area contributed by atoms with E-state index >= 15 is 0 Å². The van der Waals surface area contributed by atoms with Gasteiger partial charge in [0.25, 0.3) is 0 Å². The molecule has 0 spiro atoms. The Morgan fingerprint density at radius 2 is 2.09 bits per heavy atom. The number of unbranched alkanes of at least 4 members (excludes halogenated alkanes) is 3. The monoisotopic (exact) mass is 321 g/mol. The van der Waals surface area contributed by atoms with Gasteiger partial charge in [0.2, 0.25) is 0 Å². The molecule has 0 fully saturated rings. The van der Waals surface area contributed by atoms with Crippen molar-refractivity contribution in [3.63, 3.8) is 0 Å². The summed E-state index contributed by atoms with van der Waals surface area (Å²) in [7, 11) is 2.04. The Bertz CT molecular complexity index is 626. The van der Waals surface area contributed by atoms with Crippen LogP contribution in [0.3, 0.4) is 0 Å². The fraction of sp³-hybridized carbons (Fsp3) is 0.562. The van der Waals surface area contributed by atoms with E-state index in [1.54, 1.807) is 11.3 Å². The Morgan fingerprint density at radius 3 is 2.77 bits per heavy atom. The third-order valence-electron chi connectivity index (χ3n) is 3.65. The van der Waals surface area contributed by atoms with Crippen LogP contribution in [0.2, 0.25) is 0 Å². The lowest BCUT2D eigenvalue weighted by molar-refractivity contribution is -0.210. The first kappa shape index (κ1) is 16.7. The zero-order valence-electron chi connectivity index (χ0n) is 13.6. The Hall–Kier alpha value is -1.69. The van der Waals surface area contributed by atoms with E-state index in [1.165, 1.54) is 19.3 Å². The average Bonchev–Trinajstić information content (AvgIpc) is 2.95. The zero-order chi connectivity index (χ0) is 15.9. The van der Waals surface area contributed by atoms with Gasteiger partial charge in [-0.25, -0.2) is 4.98 Å². The number of thiazole rings is 1. The molecule has 2 aromatic rings. The van der Waals surface area contributed by atoms with Crippen LogP contribution in [-0.4, -0.2) is 25.2 Å². The minimum Gasteiger partial charge on any atom is -0.491 e. The molecule has 2 rings (SSSR count). The molecule has 0 atom stereocenters. The number of nitrogens with two attached hydrogens (primary N) is 1. The van der Waals surface area contributed by atoms with E-state index in [0.29, 0.717) is 12.3 Å². The van der Waals surface area contributed by atoms with Crippen LogP contribution in [-0.2, 0) is 0 Å². The van der Waals surface area contributed by atoms with E-state index in [2.05, 4.69) is 28.8 Å². The smallest absolute Gasteiger partial charge is 0.186 e. The summed E-state index contributed by atoms with van der Waals surface area (Å²) in [5, 5.41) is 4.85. The van der Waals surface area contributed by atoms with Crippen molar-refractivity contribution >= 4 is 32.4 Å². The van der Waals surface area contributed by atoms with Crippen molar-refractivity contribution in [2.45, 2.75) is 39.5 Å². The molecule has 1 aromatic carbocycles. The molecule has 1 aromatic heterocycles. The number of aromatic nitrogens is 1. The van der Waals surface area contributed by atoms with Gasteiger partial charge in [0, 0.05) is 19.7 Å². The first-order valence-electron chi connectivity index (χ1n) is 7.89. The fourth-order valence-electron chi connectivity index (χ4n) is 2.16. The lowest BCUT2D eigenvalue weighted by Gasteiger charge is -2.10. The van der Waals surface area contributed by atoms with Gasteiger partial charge in [-0.05, 0) is 24.5 Å². The Kier molecular flexibility index (Phi) is 6.12. The summed E-state index contributed by atoms with van der Waals surface area (Å²) < 4.78 is 6.94. The molecule has 0 aliphatic rings. The van der Waals surface area contributed by atoms with Crippen molar-refractivity contribution in [2.75, 3.05) is 25.1 Å². The van der Waals surface area contributed by atoms with E-state index in [-0.39, 0.29) is 0 Å². The maximum absolute atomic E-state index is 5.86. The molecule has 2 N–H and O–H groups in total. The van der Waals surface area contributed by atoms with Crippen LogP contribution in [0, 0.1) is 0 Å².